The van der Waals surface area contributed by atoms with Crippen molar-refractivity contribution in [2.75, 3.05) is 13.2 Å². The summed E-state index contributed by atoms with van der Waals surface area (Å²) in [6.45, 7) is 13.2. The van der Waals surface area contributed by atoms with Crippen LogP contribution in [-0.4, -0.2) is 23.4 Å². The van der Waals surface area contributed by atoms with Crippen LogP contribution in [0.5, 0.6) is 0 Å². The maximum atomic E-state index is 8.63. The standard InChI is InChI=1S/C10H20O.C10H18O.H2/c2*1-9(2)5-4-6-10(3)7-8-11;/h5,10-11H,4,6-8H2,1-3H3;5,7,11H,4,6,8H2,1-3H3;1H/b;10-7+;. The van der Waals surface area contributed by atoms with Crippen molar-refractivity contribution < 1.29 is 11.6 Å². The lowest BCUT2D eigenvalue weighted by atomic mass is 10.0. The van der Waals surface area contributed by atoms with Gasteiger partial charge in [0.05, 0.1) is 6.61 Å². The van der Waals surface area contributed by atoms with Crippen LogP contribution in [0.15, 0.2) is 34.9 Å². The average molecular weight is 313 g/mol. The Morgan fingerprint density at radius 2 is 1.41 bits per heavy atom. The molecule has 0 saturated heterocycles. The Morgan fingerprint density at radius 3 is 1.86 bits per heavy atom. The van der Waals surface area contributed by atoms with Crippen LogP contribution >= 0.6 is 0 Å². The van der Waals surface area contributed by atoms with E-state index in [0.29, 0.717) is 12.5 Å². The van der Waals surface area contributed by atoms with E-state index in [2.05, 4.69) is 53.7 Å². The van der Waals surface area contributed by atoms with E-state index in [4.69, 9.17) is 10.2 Å². The summed E-state index contributed by atoms with van der Waals surface area (Å²) in [5.41, 5.74) is 4.02. The van der Waals surface area contributed by atoms with E-state index in [1.54, 1.807) is 0 Å². The minimum Gasteiger partial charge on any atom is -0.396 e. The first-order chi connectivity index (χ1) is 10.3. The van der Waals surface area contributed by atoms with Gasteiger partial charge in [0.2, 0.25) is 0 Å². The van der Waals surface area contributed by atoms with Gasteiger partial charge in [0, 0.05) is 8.03 Å². The van der Waals surface area contributed by atoms with Gasteiger partial charge in [-0.1, -0.05) is 41.9 Å². The molecule has 0 bridgehead atoms. The van der Waals surface area contributed by atoms with E-state index < -0.39 is 0 Å². The first-order valence-electron chi connectivity index (χ1n) is 8.47. The van der Waals surface area contributed by atoms with Gasteiger partial charge in [0.1, 0.15) is 0 Å². The molecule has 0 rings (SSSR count). The molecule has 0 radical (unpaired) electrons. The van der Waals surface area contributed by atoms with E-state index in [9.17, 15) is 0 Å². The summed E-state index contributed by atoms with van der Waals surface area (Å²) in [5.74, 6) is 0.663. The number of aliphatic hydroxyl groups excluding tert-OH is 2. The van der Waals surface area contributed by atoms with E-state index in [0.717, 1.165) is 25.7 Å². The summed E-state index contributed by atoms with van der Waals surface area (Å²) in [4.78, 5) is 0. The lowest BCUT2D eigenvalue weighted by Gasteiger charge is -2.06. The highest BCUT2D eigenvalue weighted by Gasteiger charge is 1.98. The van der Waals surface area contributed by atoms with Crippen molar-refractivity contribution in [2.24, 2.45) is 5.92 Å². The molecule has 2 N–H and O–H groups in total. The van der Waals surface area contributed by atoms with Gasteiger partial charge in [0.25, 0.3) is 0 Å². The molecule has 0 aliphatic carbocycles. The third-order valence-electron chi connectivity index (χ3n) is 3.36. The predicted molar refractivity (Wildman–Crippen MR) is 101 cm³/mol. The van der Waals surface area contributed by atoms with Crippen molar-refractivity contribution in [1.82, 2.24) is 0 Å². The predicted octanol–water partition coefficient (Wildman–Crippen LogP) is 5.67. The van der Waals surface area contributed by atoms with Gasteiger partial charge < -0.3 is 10.2 Å². The van der Waals surface area contributed by atoms with Crippen LogP contribution in [0.25, 0.3) is 0 Å². The fraction of sp³-hybridized carbons (Fsp3) is 0.700. The molecule has 0 aliphatic heterocycles. The summed E-state index contributed by atoms with van der Waals surface area (Å²) in [6, 6.07) is 0. The summed E-state index contributed by atoms with van der Waals surface area (Å²) < 4.78 is 0. The summed E-state index contributed by atoms with van der Waals surface area (Å²) >= 11 is 0. The van der Waals surface area contributed by atoms with Crippen molar-refractivity contribution in [1.29, 1.82) is 0 Å². The first-order valence-corrected chi connectivity index (χ1v) is 8.47. The molecule has 0 aromatic carbocycles. The van der Waals surface area contributed by atoms with Gasteiger partial charge in [0.15, 0.2) is 0 Å². The molecule has 0 heterocycles. The Bertz CT molecular complexity index is 336. The van der Waals surface area contributed by atoms with Crippen molar-refractivity contribution in [3.63, 3.8) is 0 Å². The fourth-order valence-corrected chi connectivity index (χ4v) is 1.87. The Balaban J connectivity index is -0.000000333. The highest BCUT2D eigenvalue weighted by Crippen LogP contribution is 2.10. The lowest BCUT2D eigenvalue weighted by molar-refractivity contribution is 0.259. The Morgan fingerprint density at radius 1 is 0.864 bits per heavy atom. The van der Waals surface area contributed by atoms with Crippen LogP contribution in [-0.2, 0) is 0 Å². The van der Waals surface area contributed by atoms with Crippen LogP contribution in [0.3, 0.4) is 0 Å². The molecule has 1 atom stereocenters. The van der Waals surface area contributed by atoms with E-state index in [-0.39, 0.29) is 8.03 Å². The molecule has 0 fully saturated rings. The van der Waals surface area contributed by atoms with Crippen molar-refractivity contribution >= 4 is 0 Å². The minimum atomic E-state index is 0. The van der Waals surface area contributed by atoms with Crippen LogP contribution in [0.4, 0.5) is 0 Å². The quantitative estimate of drug-likeness (QED) is 0.539. The summed E-state index contributed by atoms with van der Waals surface area (Å²) in [7, 11) is 0. The maximum absolute atomic E-state index is 8.63. The smallest absolute Gasteiger partial charge is 0.0614 e. The van der Waals surface area contributed by atoms with Gasteiger partial charge in [-0.3, -0.25) is 0 Å². The molecular formula is C20H40O2. The molecule has 0 amide bonds. The first kappa shape index (κ1) is 23.4. The van der Waals surface area contributed by atoms with Crippen molar-refractivity contribution in [3.8, 4) is 0 Å². The van der Waals surface area contributed by atoms with Gasteiger partial charge in [-0.25, -0.2) is 0 Å². The lowest BCUT2D eigenvalue weighted by Crippen LogP contribution is -1.96. The zero-order valence-electron chi connectivity index (χ0n) is 15.7. The van der Waals surface area contributed by atoms with Crippen molar-refractivity contribution in [3.05, 3.63) is 34.9 Å². The molecule has 0 aliphatic rings. The Hall–Kier alpha value is -0.860. The maximum Gasteiger partial charge on any atom is 0.0614 e. The highest BCUT2D eigenvalue weighted by atomic mass is 16.3. The van der Waals surface area contributed by atoms with Crippen molar-refractivity contribution in [2.45, 2.75) is 73.6 Å². The molecule has 1 unspecified atom stereocenters. The SMILES string of the molecule is CC(C)=CCC/C(C)=C/CO.CC(C)=CCCC(C)CCO.[HH]. The van der Waals surface area contributed by atoms with E-state index in [1.165, 1.54) is 23.1 Å². The molecule has 0 aromatic heterocycles. The minimum absolute atomic E-state index is 0. The molecule has 132 valence electrons. The number of allylic oxidation sites excluding steroid dienone is 5. The molecule has 2 heteroatoms. The van der Waals surface area contributed by atoms with E-state index in [1.807, 2.05) is 6.08 Å². The molecule has 0 aromatic rings. The summed E-state index contributed by atoms with van der Waals surface area (Å²) in [5, 5.41) is 17.2. The van der Waals surface area contributed by atoms with Crippen LogP contribution in [0, 0.1) is 5.92 Å². The van der Waals surface area contributed by atoms with E-state index >= 15 is 0 Å². The van der Waals surface area contributed by atoms with Gasteiger partial charge in [-0.15, -0.1) is 0 Å². The average Bonchev–Trinajstić information content (AvgIpc) is 2.39. The fourth-order valence-electron chi connectivity index (χ4n) is 1.87. The zero-order chi connectivity index (χ0) is 17.4. The number of aliphatic hydroxyl groups is 2. The van der Waals surface area contributed by atoms with Crippen LogP contribution < -0.4 is 0 Å². The molecule has 2 nitrogen and oxygen atoms in total. The van der Waals surface area contributed by atoms with Crippen LogP contribution in [0.2, 0.25) is 0 Å². The second-order valence-corrected chi connectivity index (χ2v) is 6.53. The zero-order valence-corrected chi connectivity index (χ0v) is 15.7. The largest absolute Gasteiger partial charge is 0.396 e. The molecule has 0 saturated carbocycles. The van der Waals surface area contributed by atoms with Gasteiger partial charge in [-0.2, -0.15) is 0 Å². The normalized spacial score (nSPS) is 12.1. The summed E-state index contributed by atoms with van der Waals surface area (Å²) in [6.07, 6.45) is 11.8. The molecular weight excluding hydrogens is 272 g/mol. The number of hydrogen-bond donors (Lipinski definition) is 2. The Kier molecular flexibility index (Phi) is 17.6. The topological polar surface area (TPSA) is 40.5 Å². The van der Waals surface area contributed by atoms with Gasteiger partial charge in [-0.05, 0) is 72.6 Å². The third kappa shape index (κ3) is 21.4. The second kappa shape index (κ2) is 16.5. The second-order valence-electron chi connectivity index (χ2n) is 6.53. The molecule has 0 spiro atoms. The third-order valence-corrected chi connectivity index (χ3v) is 3.36. The number of hydrogen-bond acceptors (Lipinski definition) is 2. The number of rotatable bonds is 9. The Labute approximate surface area is 140 Å². The van der Waals surface area contributed by atoms with Crippen LogP contribution in [0.1, 0.15) is 75.1 Å². The van der Waals surface area contributed by atoms with Gasteiger partial charge >= 0.3 is 0 Å². The molecule has 22 heavy (non-hydrogen) atoms. The monoisotopic (exact) mass is 312 g/mol. The highest BCUT2D eigenvalue weighted by molar-refractivity contribution is 5.01.